The monoisotopic (exact) mass is 879 g/mol. The van der Waals surface area contributed by atoms with Crippen LogP contribution < -0.4 is 0 Å². The standard InChI is InChI=1S/C57H98O6/c1-4-7-10-13-16-19-22-25-28-31-34-37-40-43-46-49-55(58)61-52-54(63-57(60)51-48-45-42-39-36-33-30-27-24-21-18-15-12-9-6-3)53-62-56(59)50-47-44-41-38-35-32-29-26-23-20-17-14-11-8-5-2/h7,10,16,18-19,21,25-30,54H,4-6,8-9,11-15,17,20,22-24,31-53H2,1-3H3/b10-7+,19-16+,21-18+,28-25+,29-26+,30-27+. The minimum atomic E-state index is -0.793. The third-order valence-electron chi connectivity index (χ3n) is 11.2. The van der Waals surface area contributed by atoms with Crippen molar-refractivity contribution in [3.05, 3.63) is 72.9 Å². The molecule has 0 N–H and O–H groups in total. The van der Waals surface area contributed by atoms with E-state index in [0.717, 1.165) is 128 Å². The number of carbonyl (C=O) groups excluding carboxylic acids is 3. The first-order valence-corrected chi connectivity index (χ1v) is 26.4. The summed E-state index contributed by atoms with van der Waals surface area (Å²) in [7, 11) is 0. The molecule has 0 aromatic heterocycles. The lowest BCUT2D eigenvalue weighted by atomic mass is 10.1. The second-order valence-electron chi connectivity index (χ2n) is 17.4. The van der Waals surface area contributed by atoms with Gasteiger partial charge in [-0.15, -0.1) is 0 Å². The Morgan fingerprint density at radius 1 is 0.333 bits per heavy atom. The molecule has 0 aliphatic rings. The number of esters is 3. The van der Waals surface area contributed by atoms with Crippen molar-refractivity contribution < 1.29 is 28.6 Å². The van der Waals surface area contributed by atoms with Gasteiger partial charge >= 0.3 is 17.9 Å². The van der Waals surface area contributed by atoms with Crippen LogP contribution >= 0.6 is 0 Å². The van der Waals surface area contributed by atoms with Gasteiger partial charge in [0.1, 0.15) is 13.2 Å². The number of hydrogen-bond acceptors (Lipinski definition) is 6. The Kier molecular flexibility index (Phi) is 48.9. The number of ether oxygens (including phenoxy) is 3. The molecule has 0 saturated carbocycles. The highest BCUT2D eigenvalue weighted by Gasteiger charge is 2.19. The summed E-state index contributed by atoms with van der Waals surface area (Å²) in [6.45, 7) is 6.46. The Bertz CT molecular complexity index is 1190. The molecule has 0 aliphatic heterocycles. The molecule has 0 amide bonds. The molecule has 63 heavy (non-hydrogen) atoms. The average Bonchev–Trinajstić information content (AvgIpc) is 3.28. The fourth-order valence-corrected chi connectivity index (χ4v) is 7.19. The van der Waals surface area contributed by atoms with E-state index in [1.54, 1.807) is 0 Å². The van der Waals surface area contributed by atoms with Gasteiger partial charge in [0, 0.05) is 19.3 Å². The Morgan fingerprint density at radius 3 is 1.02 bits per heavy atom. The summed E-state index contributed by atoms with van der Waals surface area (Å²) >= 11 is 0. The molecule has 0 spiro atoms. The van der Waals surface area contributed by atoms with Crippen molar-refractivity contribution >= 4 is 17.9 Å². The molecule has 0 saturated heterocycles. The Hall–Kier alpha value is -3.15. The number of rotatable bonds is 47. The zero-order valence-electron chi connectivity index (χ0n) is 41.3. The molecule has 0 rings (SSSR count). The van der Waals surface area contributed by atoms with Crippen molar-refractivity contribution in [1.82, 2.24) is 0 Å². The Balaban J connectivity index is 4.45. The van der Waals surface area contributed by atoms with Gasteiger partial charge in [-0.25, -0.2) is 0 Å². The molecule has 6 nitrogen and oxygen atoms in total. The van der Waals surface area contributed by atoms with Crippen LogP contribution in [0.1, 0.15) is 252 Å². The fraction of sp³-hybridized carbons (Fsp3) is 0.737. The smallest absolute Gasteiger partial charge is 0.306 e. The van der Waals surface area contributed by atoms with Crippen LogP contribution in [-0.4, -0.2) is 37.2 Å². The second-order valence-corrected chi connectivity index (χ2v) is 17.4. The van der Waals surface area contributed by atoms with Gasteiger partial charge in [0.25, 0.3) is 0 Å². The Morgan fingerprint density at radius 2 is 0.619 bits per heavy atom. The van der Waals surface area contributed by atoms with Gasteiger partial charge in [0.15, 0.2) is 6.10 Å². The number of allylic oxidation sites excluding steroid dienone is 12. The van der Waals surface area contributed by atoms with Gasteiger partial charge in [0.2, 0.25) is 0 Å². The van der Waals surface area contributed by atoms with Crippen LogP contribution in [0.4, 0.5) is 0 Å². The average molecular weight is 879 g/mol. The van der Waals surface area contributed by atoms with Crippen molar-refractivity contribution in [3.63, 3.8) is 0 Å². The SMILES string of the molecule is CC/C=C/C/C=C/C/C=C/CCCCCCCC(=O)OCC(COC(=O)CCCCCCC/C=C/CCCCCCCC)OC(=O)CCCCCCC/C=C/C/C=C/CCCCC. The molecule has 0 aliphatic carbocycles. The van der Waals surface area contributed by atoms with Gasteiger partial charge < -0.3 is 14.2 Å². The first-order valence-electron chi connectivity index (χ1n) is 26.4. The maximum atomic E-state index is 12.8. The van der Waals surface area contributed by atoms with E-state index in [0.29, 0.717) is 19.3 Å². The van der Waals surface area contributed by atoms with Crippen LogP contribution in [-0.2, 0) is 28.6 Å². The topological polar surface area (TPSA) is 78.9 Å². The number of carbonyl (C=O) groups is 3. The molecule has 0 radical (unpaired) electrons. The largest absolute Gasteiger partial charge is 0.462 e. The van der Waals surface area contributed by atoms with Gasteiger partial charge in [-0.1, -0.05) is 196 Å². The lowest BCUT2D eigenvalue weighted by Crippen LogP contribution is -2.30. The zero-order chi connectivity index (χ0) is 45.8. The molecular weight excluding hydrogens is 781 g/mol. The van der Waals surface area contributed by atoms with Crippen LogP contribution in [0.15, 0.2) is 72.9 Å². The first kappa shape index (κ1) is 59.9. The summed E-state index contributed by atoms with van der Waals surface area (Å²) in [5.41, 5.74) is 0. The van der Waals surface area contributed by atoms with E-state index in [4.69, 9.17) is 14.2 Å². The molecule has 1 atom stereocenters. The van der Waals surface area contributed by atoms with E-state index in [1.165, 1.54) is 83.5 Å². The summed E-state index contributed by atoms with van der Waals surface area (Å²) in [6, 6.07) is 0. The summed E-state index contributed by atoms with van der Waals surface area (Å²) < 4.78 is 16.8. The molecule has 0 fully saturated rings. The maximum absolute atomic E-state index is 12.8. The predicted molar refractivity (Wildman–Crippen MR) is 270 cm³/mol. The molecular formula is C57H98O6. The van der Waals surface area contributed by atoms with E-state index in [1.807, 2.05) is 0 Å². The minimum Gasteiger partial charge on any atom is -0.462 e. The second kappa shape index (κ2) is 51.5. The fourth-order valence-electron chi connectivity index (χ4n) is 7.19. The zero-order valence-corrected chi connectivity index (χ0v) is 41.3. The van der Waals surface area contributed by atoms with Crippen molar-refractivity contribution in [2.24, 2.45) is 0 Å². The molecule has 1 unspecified atom stereocenters. The van der Waals surface area contributed by atoms with Crippen LogP contribution in [0, 0.1) is 0 Å². The van der Waals surface area contributed by atoms with Crippen LogP contribution in [0.2, 0.25) is 0 Å². The van der Waals surface area contributed by atoms with Crippen molar-refractivity contribution in [2.45, 2.75) is 258 Å². The third kappa shape index (κ3) is 49.7. The van der Waals surface area contributed by atoms with Crippen LogP contribution in [0.5, 0.6) is 0 Å². The van der Waals surface area contributed by atoms with Gasteiger partial charge in [0.05, 0.1) is 0 Å². The summed E-state index contributed by atoms with van der Waals surface area (Å²) in [5.74, 6) is -0.928. The third-order valence-corrected chi connectivity index (χ3v) is 11.2. The first-order chi connectivity index (χ1) is 31.0. The minimum absolute atomic E-state index is 0.0911. The number of unbranched alkanes of at least 4 members (excludes halogenated alkanes) is 24. The van der Waals surface area contributed by atoms with Crippen molar-refractivity contribution in [3.8, 4) is 0 Å². The van der Waals surface area contributed by atoms with Gasteiger partial charge in [-0.05, 0) is 109 Å². The lowest BCUT2D eigenvalue weighted by Gasteiger charge is -2.18. The van der Waals surface area contributed by atoms with E-state index in [2.05, 4.69) is 93.7 Å². The molecule has 0 heterocycles. The van der Waals surface area contributed by atoms with E-state index < -0.39 is 6.10 Å². The molecule has 6 heteroatoms. The molecule has 0 aromatic carbocycles. The molecule has 362 valence electrons. The van der Waals surface area contributed by atoms with Gasteiger partial charge in [-0.2, -0.15) is 0 Å². The highest BCUT2D eigenvalue weighted by Crippen LogP contribution is 2.14. The van der Waals surface area contributed by atoms with E-state index >= 15 is 0 Å². The normalized spacial score (nSPS) is 12.6. The van der Waals surface area contributed by atoms with Crippen molar-refractivity contribution in [2.75, 3.05) is 13.2 Å². The predicted octanol–water partition coefficient (Wildman–Crippen LogP) is 17.4. The van der Waals surface area contributed by atoms with E-state index in [-0.39, 0.29) is 31.1 Å². The quantitative estimate of drug-likeness (QED) is 0.0262. The highest BCUT2D eigenvalue weighted by molar-refractivity contribution is 5.71. The van der Waals surface area contributed by atoms with Crippen LogP contribution in [0.25, 0.3) is 0 Å². The maximum Gasteiger partial charge on any atom is 0.306 e. The van der Waals surface area contributed by atoms with Crippen molar-refractivity contribution in [1.29, 1.82) is 0 Å². The molecule has 0 aromatic rings. The van der Waals surface area contributed by atoms with E-state index in [9.17, 15) is 14.4 Å². The Labute approximate surface area is 389 Å². The number of hydrogen-bond donors (Lipinski definition) is 0. The highest BCUT2D eigenvalue weighted by atomic mass is 16.6. The lowest BCUT2D eigenvalue weighted by molar-refractivity contribution is -0.167. The van der Waals surface area contributed by atoms with Crippen LogP contribution in [0.3, 0.4) is 0 Å². The summed E-state index contributed by atoms with van der Waals surface area (Å²) in [5, 5.41) is 0. The summed E-state index contributed by atoms with van der Waals surface area (Å²) in [6.07, 6.45) is 64.5. The summed E-state index contributed by atoms with van der Waals surface area (Å²) in [4.78, 5) is 38.0. The van der Waals surface area contributed by atoms with Gasteiger partial charge in [-0.3, -0.25) is 14.4 Å². The molecule has 0 bridgehead atoms.